The molecular formula is C82H106BBrN8O10S6. The predicted octanol–water partition coefficient (Wildman–Crippen LogP) is 15.5. The molecule has 4 fully saturated rings. The number of carbonyl (C=O) groups excluding carboxylic acids is 4. The number of thiophene rings is 2. The largest absolute Gasteiger partial charge is 0.488 e. The van der Waals surface area contributed by atoms with Crippen molar-refractivity contribution in [2.45, 2.75) is 205 Å². The zero-order chi connectivity index (χ0) is 74.4. The fraction of sp³-hybridized carbons (Fsp3) is 0.439. The van der Waals surface area contributed by atoms with Crippen LogP contribution in [-0.2, 0) is 42.8 Å². The van der Waals surface area contributed by atoms with Gasteiger partial charge < -0.3 is 40.7 Å². The van der Waals surface area contributed by atoms with Crippen molar-refractivity contribution in [3.8, 4) is 33.9 Å². The summed E-state index contributed by atoms with van der Waals surface area (Å²) in [6.45, 7) is 17.8. The van der Waals surface area contributed by atoms with Crippen LogP contribution in [0.5, 0.6) is 0 Å². The Kier molecular flexibility index (Phi) is 34.5. The zero-order valence-electron chi connectivity index (χ0n) is 62.9. The third kappa shape index (κ3) is 24.1. The van der Waals surface area contributed by atoms with Crippen LogP contribution < -0.4 is 16.1 Å². The van der Waals surface area contributed by atoms with Crippen molar-refractivity contribution in [3.05, 3.63) is 192 Å². The van der Waals surface area contributed by atoms with Gasteiger partial charge in [0.25, 0.3) is 11.8 Å². The number of likely N-dealkylation sites (tertiary alicyclic amines) is 2. The summed E-state index contributed by atoms with van der Waals surface area (Å²) < 4.78 is 0.784. The van der Waals surface area contributed by atoms with Gasteiger partial charge in [0.15, 0.2) is 11.6 Å². The molecule has 6 N–H and O–H groups in total. The van der Waals surface area contributed by atoms with Gasteiger partial charge in [-0.3, -0.25) is 19.2 Å². The normalized spacial score (nSPS) is 18.8. The standard InChI is InChI=1S/C41H48N4O4S.C27H29BrN4O4S.C14H21BO2.4H2S/c1-5-26-8-12-28(13-9-26)29-16-18-30(19-17-29)32-24-42-37(43-25-32)31-14-10-27(11-15-31)23-33(39(47)45-22-6-7-34(45)40(48)49)44-38(46)35-20-21-36(50-35)41(2,3)4;1-27(2,3)22-11-10-21(37-22)24(33)31-19(25(34)32-12-4-5-20(32)26(35)36)13-16-6-8-17(9-7-16)23-29-14-18(28)15-30-23;1-2-11-3-5-12(6-4-11)13-7-9-14(10-8-13)15(16)17;;;;/h10-11,14-21,24-26,28,33-34H,5-9,12-13,22-23H2,1-4H3,(H,44,46)(H,48,49);6-11,14-15,19-20H,4-5,12-13H2,1-3H3,(H,31,33)(H,35,36);7-12,16-17H,2-6H2,1H3;4*1H2/t26?,28?,33-,34-;19-,20-;;;;;/m00...../s1. The molecule has 4 aromatic heterocycles. The minimum absolute atomic E-state index is 0. The second kappa shape index (κ2) is 41.4. The van der Waals surface area contributed by atoms with Crippen molar-refractivity contribution in [2.24, 2.45) is 11.8 Å². The van der Waals surface area contributed by atoms with Crippen LogP contribution in [0.4, 0.5) is 0 Å². The van der Waals surface area contributed by atoms with Crippen LogP contribution in [0, 0.1) is 11.8 Å². The van der Waals surface area contributed by atoms with Crippen LogP contribution in [0.2, 0.25) is 0 Å². The number of carboxylic acid groups (broad SMARTS) is 2. The molecule has 6 heterocycles. The first-order valence-electron chi connectivity index (χ1n) is 36.7. The molecular weight excluding hydrogens is 1540 g/mol. The summed E-state index contributed by atoms with van der Waals surface area (Å²) in [5.74, 6) is 0.812. The molecule has 2 aliphatic heterocycles. The van der Waals surface area contributed by atoms with E-state index < -0.39 is 43.2 Å². The fourth-order valence-electron chi connectivity index (χ4n) is 14.4. The molecule has 0 bridgehead atoms. The van der Waals surface area contributed by atoms with Gasteiger partial charge in [0, 0.05) is 77.2 Å². The third-order valence-corrected chi connectivity index (χ3v) is 24.3. The average molecular weight is 1650 g/mol. The first-order valence-corrected chi connectivity index (χ1v) is 39.1. The van der Waals surface area contributed by atoms with Gasteiger partial charge in [0.2, 0.25) is 11.8 Å². The molecule has 4 amide bonds. The molecule has 0 radical (unpaired) electrons. The van der Waals surface area contributed by atoms with Gasteiger partial charge in [0.1, 0.15) is 24.2 Å². The molecule has 4 aromatic carbocycles. The van der Waals surface area contributed by atoms with E-state index in [-0.39, 0.29) is 101 Å². The number of halogens is 1. The lowest BCUT2D eigenvalue weighted by atomic mass is 9.75. The smallest absolute Gasteiger partial charge is 0.480 e. The molecule has 8 aromatic rings. The number of hydrogen-bond acceptors (Lipinski definition) is 14. The first-order chi connectivity index (χ1) is 49.7. The highest BCUT2D eigenvalue weighted by Crippen LogP contribution is 2.39. The summed E-state index contributed by atoms with van der Waals surface area (Å²) in [6, 6.07) is 35.6. The van der Waals surface area contributed by atoms with Crippen LogP contribution in [0.3, 0.4) is 0 Å². The van der Waals surface area contributed by atoms with Crippen molar-refractivity contribution in [2.75, 3.05) is 13.1 Å². The van der Waals surface area contributed by atoms with E-state index in [1.54, 1.807) is 24.5 Å². The van der Waals surface area contributed by atoms with E-state index in [1.165, 1.54) is 108 Å². The van der Waals surface area contributed by atoms with E-state index in [9.17, 15) is 39.0 Å². The number of rotatable bonds is 20. The number of benzene rings is 4. The number of carbonyl (C=O) groups is 6. The van der Waals surface area contributed by atoms with Crippen molar-refractivity contribution >= 4 is 141 Å². The summed E-state index contributed by atoms with van der Waals surface area (Å²) in [6.07, 6.45) is 22.6. The van der Waals surface area contributed by atoms with E-state index in [1.807, 2.05) is 97.3 Å². The lowest BCUT2D eigenvalue weighted by Crippen LogP contribution is -2.52. The number of aliphatic carboxylic acids is 2. The Labute approximate surface area is 681 Å². The lowest BCUT2D eigenvalue weighted by molar-refractivity contribution is -0.149. The van der Waals surface area contributed by atoms with Gasteiger partial charge in [-0.05, 0) is 185 Å². The van der Waals surface area contributed by atoms with Crippen LogP contribution in [0.15, 0.2) is 151 Å². The van der Waals surface area contributed by atoms with Crippen molar-refractivity contribution < 1.29 is 49.0 Å². The summed E-state index contributed by atoms with van der Waals surface area (Å²) in [7, 11) is -1.35. The van der Waals surface area contributed by atoms with Crippen molar-refractivity contribution in [1.29, 1.82) is 0 Å². The second-order valence-electron chi connectivity index (χ2n) is 30.2. The van der Waals surface area contributed by atoms with Crippen molar-refractivity contribution in [3.63, 3.8) is 0 Å². The molecule has 4 atom stereocenters. The number of aromatic nitrogens is 4. The maximum absolute atomic E-state index is 13.8. The first kappa shape index (κ1) is 90.0. The summed E-state index contributed by atoms with van der Waals surface area (Å²) in [5, 5.41) is 43.3. The Bertz CT molecular complexity index is 4200. The van der Waals surface area contributed by atoms with E-state index in [4.69, 9.17) is 10.0 Å². The number of nitrogens with one attached hydrogen (secondary N) is 2. The molecule has 0 spiro atoms. The summed E-state index contributed by atoms with van der Waals surface area (Å²) in [5.41, 5.74) is 8.53. The fourth-order valence-corrected chi connectivity index (χ4v) is 16.5. The Morgan fingerprint density at radius 2 is 0.833 bits per heavy atom. The Balaban J connectivity index is 0.000000276. The molecule has 4 aliphatic rings. The van der Waals surface area contributed by atoms with Gasteiger partial charge in [-0.15, -0.1) is 22.7 Å². The quantitative estimate of drug-likeness (QED) is 0.0388. The van der Waals surface area contributed by atoms with Gasteiger partial charge in [0.05, 0.1) is 14.2 Å². The Hall–Kier alpha value is -6.88. The molecule has 2 saturated carbocycles. The second-order valence-corrected chi connectivity index (χ2v) is 33.3. The molecule has 108 heavy (non-hydrogen) atoms. The number of carboxylic acids is 2. The van der Waals surface area contributed by atoms with Gasteiger partial charge in [-0.2, -0.15) is 54.0 Å². The molecule has 12 rings (SSSR count). The van der Waals surface area contributed by atoms with Crippen LogP contribution >= 0.6 is 92.6 Å². The number of amides is 4. The van der Waals surface area contributed by atoms with Gasteiger partial charge in [-0.1, -0.05) is 165 Å². The molecule has 18 nitrogen and oxygen atoms in total. The van der Waals surface area contributed by atoms with E-state index >= 15 is 0 Å². The van der Waals surface area contributed by atoms with E-state index in [0.717, 1.165) is 59.4 Å². The Morgan fingerprint density at radius 1 is 0.481 bits per heavy atom. The number of nitrogens with zero attached hydrogens (tertiary/aromatic N) is 6. The number of hydrogen-bond donors (Lipinski definition) is 6. The topological polar surface area (TPSA) is 265 Å². The van der Waals surface area contributed by atoms with Gasteiger partial charge >= 0.3 is 19.1 Å². The zero-order valence-corrected chi connectivity index (χ0v) is 70.1. The minimum atomic E-state index is -1.35. The van der Waals surface area contributed by atoms with Gasteiger partial charge in [-0.25, -0.2) is 29.5 Å². The van der Waals surface area contributed by atoms with E-state index in [0.29, 0.717) is 77.5 Å². The molecule has 2 aliphatic carbocycles. The molecule has 580 valence electrons. The molecule has 26 heteroatoms. The summed E-state index contributed by atoms with van der Waals surface area (Å²) >= 11 is 6.13. The lowest BCUT2D eigenvalue weighted by Gasteiger charge is -2.28. The maximum Gasteiger partial charge on any atom is 0.488 e. The van der Waals surface area contributed by atoms with Crippen LogP contribution in [0.25, 0.3) is 33.9 Å². The molecule has 2 saturated heterocycles. The molecule has 0 unspecified atom stereocenters. The monoisotopic (exact) mass is 1640 g/mol. The highest BCUT2D eigenvalue weighted by atomic mass is 79.9. The van der Waals surface area contributed by atoms with Crippen LogP contribution in [0.1, 0.15) is 208 Å². The minimum Gasteiger partial charge on any atom is -0.480 e. The van der Waals surface area contributed by atoms with E-state index in [2.05, 4.69) is 126 Å². The average Bonchev–Trinajstić information content (AvgIpc) is 1.40. The highest BCUT2D eigenvalue weighted by Gasteiger charge is 2.40. The van der Waals surface area contributed by atoms with Crippen molar-refractivity contribution in [1.82, 2.24) is 40.4 Å². The summed E-state index contributed by atoms with van der Waals surface area (Å²) in [4.78, 5) is 101. The maximum atomic E-state index is 13.8. The predicted molar refractivity (Wildman–Crippen MR) is 457 cm³/mol. The SMILES string of the molecule is CC(C)(C)c1ccc(C(=O)N[C@@H](Cc2ccc(-c3ncc(Br)cn3)cc2)C(=O)N2CCC[C@H]2C(=O)O)s1.CCC1CCC(c2ccc(-c3cnc(-c4ccc(C[C@H](NC(=O)c5ccc(C(C)(C)C)s5)C(=O)N5CCC[C@H]5C(=O)O)cc4)nc3)cc2)CC1.CCC1CCC(c2ccc(B(O)O)cc2)CC1.S.S.S.S. The van der Waals surface area contributed by atoms with Crippen LogP contribution in [-0.4, -0.2) is 130 Å². The Morgan fingerprint density at radius 3 is 1.17 bits per heavy atom. The third-order valence-electron chi connectivity index (χ3n) is 20.8. The highest BCUT2D eigenvalue weighted by molar-refractivity contribution is 9.10.